The lowest BCUT2D eigenvalue weighted by Crippen LogP contribution is -2.52. The van der Waals surface area contributed by atoms with Crippen LogP contribution in [-0.2, 0) is 0 Å². The molecule has 1 rings (SSSR count). The molecule has 0 aliphatic rings. The minimum Gasteiger partial charge on any atom is -0.394 e. The number of rotatable bonds is 7. The standard InChI is InChI=1S/C13H20FNO3/c1-2-13(8-16,9-17)15-7-12(18)10-5-3-4-6-11(10)14/h3-6,12,15-18H,2,7-9H2,1H3. The Morgan fingerprint density at radius 3 is 2.39 bits per heavy atom. The van der Waals surface area contributed by atoms with Crippen molar-refractivity contribution in [2.75, 3.05) is 19.8 Å². The van der Waals surface area contributed by atoms with Crippen molar-refractivity contribution in [1.29, 1.82) is 0 Å². The van der Waals surface area contributed by atoms with Crippen molar-refractivity contribution in [3.8, 4) is 0 Å². The Kier molecular flexibility index (Phi) is 5.68. The van der Waals surface area contributed by atoms with Gasteiger partial charge in [0.2, 0.25) is 0 Å². The predicted octanol–water partition coefficient (Wildman–Crippen LogP) is 0.582. The summed E-state index contributed by atoms with van der Waals surface area (Å²) >= 11 is 0. The van der Waals surface area contributed by atoms with E-state index < -0.39 is 17.5 Å². The smallest absolute Gasteiger partial charge is 0.129 e. The summed E-state index contributed by atoms with van der Waals surface area (Å²) in [5.41, 5.74) is -0.641. The van der Waals surface area contributed by atoms with Crippen LogP contribution in [-0.4, -0.2) is 40.6 Å². The van der Waals surface area contributed by atoms with Crippen LogP contribution in [0.3, 0.4) is 0 Å². The highest BCUT2D eigenvalue weighted by Crippen LogP contribution is 2.17. The number of nitrogens with one attached hydrogen (secondary N) is 1. The van der Waals surface area contributed by atoms with Crippen molar-refractivity contribution in [1.82, 2.24) is 5.32 Å². The normalized spacial score (nSPS) is 13.6. The van der Waals surface area contributed by atoms with Gasteiger partial charge in [0, 0.05) is 12.1 Å². The van der Waals surface area contributed by atoms with Gasteiger partial charge in [-0.3, -0.25) is 0 Å². The molecule has 4 N–H and O–H groups in total. The van der Waals surface area contributed by atoms with Crippen LogP contribution in [0.25, 0.3) is 0 Å². The van der Waals surface area contributed by atoms with Crippen LogP contribution in [0.2, 0.25) is 0 Å². The van der Waals surface area contributed by atoms with Gasteiger partial charge >= 0.3 is 0 Å². The molecule has 0 aliphatic carbocycles. The second-order valence-corrected chi connectivity index (χ2v) is 4.37. The molecule has 18 heavy (non-hydrogen) atoms. The van der Waals surface area contributed by atoms with E-state index in [9.17, 15) is 19.7 Å². The fraction of sp³-hybridized carbons (Fsp3) is 0.538. The Bertz CT molecular complexity index is 361. The third-order valence-electron chi connectivity index (χ3n) is 3.22. The molecule has 1 aromatic rings. The summed E-state index contributed by atoms with van der Waals surface area (Å²) in [6, 6.07) is 5.99. The maximum Gasteiger partial charge on any atom is 0.129 e. The number of β-amino-alcohol motifs (C(OH)–C–C–N with tert-alkyl or cyclic N) is 1. The summed E-state index contributed by atoms with van der Waals surface area (Å²) in [4.78, 5) is 0. The molecule has 5 heteroatoms. The highest BCUT2D eigenvalue weighted by atomic mass is 19.1. The topological polar surface area (TPSA) is 72.7 Å². The van der Waals surface area contributed by atoms with E-state index in [0.717, 1.165) is 0 Å². The third-order valence-corrected chi connectivity index (χ3v) is 3.22. The van der Waals surface area contributed by atoms with Crippen molar-refractivity contribution in [3.63, 3.8) is 0 Å². The number of benzene rings is 1. The van der Waals surface area contributed by atoms with Crippen LogP contribution >= 0.6 is 0 Å². The molecule has 0 saturated heterocycles. The van der Waals surface area contributed by atoms with Gasteiger partial charge in [0.05, 0.1) is 24.9 Å². The fourth-order valence-corrected chi connectivity index (χ4v) is 1.68. The molecule has 0 fully saturated rings. The SMILES string of the molecule is CCC(CO)(CO)NCC(O)c1ccccc1F. The van der Waals surface area contributed by atoms with Gasteiger partial charge in [-0.05, 0) is 12.5 Å². The fourth-order valence-electron chi connectivity index (χ4n) is 1.68. The van der Waals surface area contributed by atoms with E-state index >= 15 is 0 Å². The average Bonchev–Trinajstić information content (AvgIpc) is 2.41. The van der Waals surface area contributed by atoms with Crippen LogP contribution in [0.4, 0.5) is 4.39 Å². The molecule has 0 bridgehead atoms. The summed E-state index contributed by atoms with van der Waals surface area (Å²) in [7, 11) is 0. The third kappa shape index (κ3) is 3.49. The number of hydrogen-bond donors (Lipinski definition) is 4. The zero-order valence-corrected chi connectivity index (χ0v) is 10.4. The van der Waals surface area contributed by atoms with Crippen molar-refractivity contribution >= 4 is 0 Å². The minimum atomic E-state index is -1.02. The van der Waals surface area contributed by atoms with E-state index in [4.69, 9.17) is 0 Å². The number of halogens is 1. The molecule has 0 radical (unpaired) electrons. The predicted molar refractivity (Wildman–Crippen MR) is 66.6 cm³/mol. The minimum absolute atomic E-state index is 0.0654. The molecule has 4 nitrogen and oxygen atoms in total. The molecule has 1 aromatic carbocycles. The zero-order chi connectivity index (χ0) is 13.6. The molecule has 0 spiro atoms. The lowest BCUT2D eigenvalue weighted by atomic mass is 9.97. The van der Waals surface area contributed by atoms with E-state index in [1.54, 1.807) is 12.1 Å². The summed E-state index contributed by atoms with van der Waals surface area (Å²) in [6.07, 6.45) is -0.514. The Hall–Kier alpha value is -1.01. The lowest BCUT2D eigenvalue weighted by molar-refractivity contribution is 0.0700. The molecule has 1 unspecified atom stereocenters. The van der Waals surface area contributed by atoms with E-state index in [0.29, 0.717) is 6.42 Å². The Labute approximate surface area is 106 Å². The second kappa shape index (κ2) is 6.80. The van der Waals surface area contributed by atoms with Gasteiger partial charge < -0.3 is 20.6 Å². The Morgan fingerprint density at radius 2 is 1.89 bits per heavy atom. The van der Waals surface area contributed by atoms with Gasteiger partial charge in [-0.1, -0.05) is 25.1 Å². The first-order valence-corrected chi connectivity index (χ1v) is 5.98. The lowest BCUT2D eigenvalue weighted by Gasteiger charge is -2.31. The van der Waals surface area contributed by atoms with Gasteiger partial charge in [-0.2, -0.15) is 0 Å². The monoisotopic (exact) mass is 257 g/mol. The first-order valence-electron chi connectivity index (χ1n) is 5.98. The highest BCUT2D eigenvalue weighted by molar-refractivity contribution is 5.20. The average molecular weight is 257 g/mol. The van der Waals surface area contributed by atoms with Crippen LogP contribution in [0.5, 0.6) is 0 Å². The molecule has 0 heterocycles. The molecular weight excluding hydrogens is 237 g/mol. The molecule has 0 aliphatic heterocycles. The largest absolute Gasteiger partial charge is 0.394 e. The number of aliphatic hydroxyl groups is 3. The molecule has 1 atom stereocenters. The second-order valence-electron chi connectivity index (χ2n) is 4.37. The quantitative estimate of drug-likeness (QED) is 0.576. The van der Waals surface area contributed by atoms with Gasteiger partial charge in [-0.25, -0.2) is 4.39 Å². The zero-order valence-electron chi connectivity index (χ0n) is 10.4. The maximum atomic E-state index is 13.4. The van der Waals surface area contributed by atoms with Gasteiger partial charge in [0.15, 0.2) is 0 Å². The maximum absolute atomic E-state index is 13.4. The summed E-state index contributed by atoms with van der Waals surface area (Å²) < 4.78 is 13.4. The van der Waals surface area contributed by atoms with Gasteiger partial charge in [-0.15, -0.1) is 0 Å². The van der Waals surface area contributed by atoms with Crippen LogP contribution < -0.4 is 5.32 Å². The van der Waals surface area contributed by atoms with Crippen LogP contribution in [0.1, 0.15) is 25.0 Å². The van der Waals surface area contributed by atoms with E-state index in [1.165, 1.54) is 12.1 Å². The van der Waals surface area contributed by atoms with Crippen LogP contribution in [0, 0.1) is 5.82 Å². The van der Waals surface area contributed by atoms with Crippen molar-refractivity contribution < 1.29 is 19.7 Å². The van der Waals surface area contributed by atoms with Gasteiger partial charge in [0.1, 0.15) is 5.82 Å². The van der Waals surface area contributed by atoms with Crippen molar-refractivity contribution in [3.05, 3.63) is 35.6 Å². The Morgan fingerprint density at radius 1 is 1.28 bits per heavy atom. The van der Waals surface area contributed by atoms with E-state index in [2.05, 4.69) is 5.32 Å². The summed E-state index contributed by atoms with van der Waals surface area (Å²) in [6.45, 7) is 1.39. The number of hydrogen-bond acceptors (Lipinski definition) is 4. The van der Waals surface area contributed by atoms with Gasteiger partial charge in [0.25, 0.3) is 0 Å². The molecule has 0 aromatic heterocycles. The van der Waals surface area contributed by atoms with E-state index in [-0.39, 0.29) is 25.3 Å². The first kappa shape index (κ1) is 15.0. The van der Waals surface area contributed by atoms with Crippen molar-refractivity contribution in [2.24, 2.45) is 0 Å². The summed E-state index contributed by atoms with van der Waals surface area (Å²) in [5.74, 6) is -0.470. The van der Waals surface area contributed by atoms with E-state index in [1.807, 2.05) is 6.92 Å². The molecule has 0 saturated carbocycles. The Balaban J connectivity index is 2.66. The van der Waals surface area contributed by atoms with Crippen LogP contribution in [0.15, 0.2) is 24.3 Å². The number of aliphatic hydroxyl groups excluding tert-OH is 3. The molecule has 0 amide bonds. The highest BCUT2D eigenvalue weighted by Gasteiger charge is 2.27. The molecular formula is C13H20FNO3. The summed E-state index contributed by atoms with van der Waals surface area (Å²) in [5, 5.41) is 31.2. The first-order chi connectivity index (χ1) is 8.58. The molecule has 102 valence electrons. The van der Waals surface area contributed by atoms with Crippen molar-refractivity contribution in [2.45, 2.75) is 25.0 Å².